The number of hydrogen-bond acceptors (Lipinski definition) is 6. The summed E-state index contributed by atoms with van der Waals surface area (Å²) in [6.45, 7) is 3.90. The smallest absolute Gasteiger partial charge is 0.378 e. The maximum atomic E-state index is 12.7. The Bertz CT molecular complexity index is 952. The molecule has 7 nitrogen and oxygen atoms in total. The Morgan fingerprint density at radius 3 is 2.58 bits per heavy atom. The highest BCUT2D eigenvalue weighted by molar-refractivity contribution is 7.61. The lowest BCUT2D eigenvalue weighted by Gasteiger charge is -2.14. The van der Waals surface area contributed by atoms with Crippen molar-refractivity contribution in [3.8, 4) is 11.3 Å². The van der Waals surface area contributed by atoms with Gasteiger partial charge in [-0.25, -0.2) is 4.79 Å². The van der Waals surface area contributed by atoms with Crippen molar-refractivity contribution in [1.29, 1.82) is 0 Å². The standard InChI is InChI=1S/C16H17N2O5P/c1-3-21-24(20,22-4-2)15-10-13(17-18-15)12-9-11-7-5-6-8-14(11)23-16(12)19/h5-10H,3-4H2,1-2H3,(H,17,18). The highest BCUT2D eigenvalue weighted by Gasteiger charge is 2.29. The average molecular weight is 348 g/mol. The summed E-state index contributed by atoms with van der Waals surface area (Å²) < 4.78 is 28.6. The number of nitrogens with one attached hydrogen (secondary N) is 1. The van der Waals surface area contributed by atoms with Crippen molar-refractivity contribution in [1.82, 2.24) is 10.2 Å². The van der Waals surface area contributed by atoms with Crippen molar-refractivity contribution >= 4 is 24.0 Å². The van der Waals surface area contributed by atoms with Crippen molar-refractivity contribution in [2.75, 3.05) is 13.2 Å². The first kappa shape index (κ1) is 16.6. The van der Waals surface area contributed by atoms with Gasteiger partial charge in [-0.1, -0.05) is 18.2 Å². The molecule has 0 unspecified atom stereocenters. The van der Waals surface area contributed by atoms with E-state index in [9.17, 15) is 9.36 Å². The molecule has 2 aromatic heterocycles. The highest BCUT2D eigenvalue weighted by atomic mass is 31.2. The number of aromatic nitrogens is 2. The Hall–Kier alpha value is -2.21. The summed E-state index contributed by atoms with van der Waals surface area (Å²) in [5, 5.41) is 7.49. The SMILES string of the molecule is CCOP(=O)(OCC)c1cc(-c2cc3ccccc3oc2=O)n[nH]1. The molecule has 2 heterocycles. The lowest BCUT2D eigenvalue weighted by atomic mass is 10.1. The summed E-state index contributed by atoms with van der Waals surface area (Å²) in [6, 6.07) is 10.4. The van der Waals surface area contributed by atoms with E-state index in [1.807, 2.05) is 12.1 Å². The normalized spacial score (nSPS) is 11.9. The second-order valence-corrected chi connectivity index (χ2v) is 6.95. The molecule has 0 bridgehead atoms. The second-order valence-electron chi connectivity index (χ2n) is 4.96. The molecular formula is C16H17N2O5P. The fourth-order valence-electron chi connectivity index (χ4n) is 2.35. The third-order valence-electron chi connectivity index (χ3n) is 3.37. The van der Waals surface area contributed by atoms with E-state index >= 15 is 0 Å². The van der Waals surface area contributed by atoms with Gasteiger partial charge >= 0.3 is 13.2 Å². The van der Waals surface area contributed by atoms with E-state index in [0.717, 1.165) is 5.39 Å². The summed E-state index contributed by atoms with van der Waals surface area (Å²) in [5.74, 6) is 0. The Morgan fingerprint density at radius 2 is 1.88 bits per heavy atom. The van der Waals surface area contributed by atoms with Gasteiger partial charge in [0.1, 0.15) is 16.7 Å². The molecule has 0 radical (unpaired) electrons. The number of nitrogens with zero attached hydrogens (tertiary/aromatic N) is 1. The molecular weight excluding hydrogens is 331 g/mol. The van der Waals surface area contributed by atoms with Crippen molar-refractivity contribution in [3.05, 3.63) is 46.8 Å². The van der Waals surface area contributed by atoms with E-state index in [0.29, 0.717) is 11.3 Å². The number of aromatic amines is 1. The Morgan fingerprint density at radius 1 is 1.17 bits per heavy atom. The zero-order valence-corrected chi connectivity index (χ0v) is 14.2. The van der Waals surface area contributed by atoms with Gasteiger partial charge in [0.15, 0.2) is 0 Å². The number of H-pyrrole nitrogens is 1. The van der Waals surface area contributed by atoms with E-state index in [-0.39, 0.29) is 24.2 Å². The molecule has 3 rings (SSSR count). The summed E-state index contributed by atoms with van der Waals surface area (Å²) in [7, 11) is -3.49. The molecule has 0 aliphatic carbocycles. The number of hydrogen-bond donors (Lipinski definition) is 1. The van der Waals surface area contributed by atoms with Gasteiger partial charge in [-0.15, -0.1) is 0 Å². The van der Waals surface area contributed by atoms with E-state index in [2.05, 4.69) is 10.2 Å². The average Bonchev–Trinajstić information content (AvgIpc) is 3.05. The third kappa shape index (κ3) is 3.06. The predicted molar refractivity (Wildman–Crippen MR) is 90.6 cm³/mol. The molecule has 126 valence electrons. The van der Waals surface area contributed by atoms with Crippen LogP contribution < -0.4 is 11.1 Å². The van der Waals surface area contributed by atoms with E-state index < -0.39 is 13.2 Å². The first-order valence-corrected chi connectivity index (χ1v) is 9.10. The van der Waals surface area contributed by atoms with Crippen molar-refractivity contribution in [2.45, 2.75) is 13.8 Å². The first-order chi connectivity index (χ1) is 11.6. The van der Waals surface area contributed by atoms with Crippen LogP contribution in [0.25, 0.3) is 22.2 Å². The topological polar surface area (TPSA) is 94.4 Å². The minimum absolute atomic E-state index is 0.203. The quantitative estimate of drug-likeness (QED) is 0.543. The lowest BCUT2D eigenvalue weighted by Crippen LogP contribution is -2.11. The second kappa shape index (κ2) is 6.73. The molecule has 0 saturated carbocycles. The third-order valence-corrected chi connectivity index (χ3v) is 5.39. The van der Waals surface area contributed by atoms with E-state index in [1.165, 1.54) is 6.07 Å². The molecule has 0 saturated heterocycles. The molecule has 0 atom stereocenters. The Balaban J connectivity index is 2.06. The van der Waals surface area contributed by atoms with Crippen LogP contribution in [-0.4, -0.2) is 23.4 Å². The van der Waals surface area contributed by atoms with Gasteiger partial charge in [0.05, 0.1) is 18.8 Å². The number of benzene rings is 1. The van der Waals surface area contributed by atoms with Crippen LogP contribution in [0.15, 0.2) is 45.6 Å². The largest absolute Gasteiger partial charge is 0.422 e. The fraction of sp³-hybridized carbons (Fsp3) is 0.250. The minimum Gasteiger partial charge on any atom is -0.422 e. The molecule has 0 spiro atoms. The van der Waals surface area contributed by atoms with Crippen molar-refractivity contribution in [3.63, 3.8) is 0 Å². The molecule has 8 heteroatoms. The summed E-state index contributed by atoms with van der Waals surface area (Å²) in [6.07, 6.45) is 0. The van der Waals surface area contributed by atoms with Gasteiger partial charge in [-0.2, -0.15) is 5.10 Å². The van der Waals surface area contributed by atoms with Crippen molar-refractivity contribution < 1.29 is 18.0 Å². The maximum Gasteiger partial charge on any atom is 0.378 e. The monoisotopic (exact) mass is 348 g/mol. The van der Waals surface area contributed by atoms with Crippen LogP contribution in [0.3, 0.4) is 0 Å². The van der Waals surface area contributed by atoms with Crippen LogP contribution in [0.4, 0.5) is 0 Å². The summed E-state index contributed by atoms with van der Waals surface area (Å²) in [5.41, 5.74) is 0.777. The van der Waals surface area contributed by atoms with E-state index in [4.69, 9.17) is 13.5 Å². The zero-order chi connectivity index (χ0) is 17.2. The van der Waals surface area contributed by atoms with Crippen LogP contribution in [0, 0.1) is 0 Å². The van der Waals surface area contributed by atoms with Gasteiger partial charge in [0.2, 0.25) is 0 Å². The molecule has 1 N–H and O–H groups in total. The van der Waals surface area contributed by atoms with Crippen molar-refractivity contribution in [2.24, 2.45) is 0 Å². The molecule has 0 aliphatic rings. The summed E-state index contributed by atoms with van der Waals surface area (Å²) in [4.78, 5) is 12.2. The van der Waals surface area contributed by atoms with Crippen LogP contribution >= 0.6 is 7.60 Å². The first-order valence-electron chi connectivity index (χ1n) is 7.55. The minimum atomic E-state index is -3.49. The number of fused-ring (bicyclic) bond motifs is 1. The van der Waals surface area contributed by atoms with Gasteiger partial charge in [0, 0.05) is 5.39 Å². The number of rotatable bonds is 6. The van der Waals surface area contributed by atoms with E-state index in [1.54, 1.807) is 32.0 Å². The lowest BCUT2D eigenvalue weighted by molar-refractivity contribution is 0.229. The molecule has 24 heavy (non-hydrogen) atoms. The van der Waals surface area contributed by atoms with Gasteiger partial charge in [-0.05, 0) is 32.0 Å². The molecule has 0 aliphatic heterocycles. The predicted octanol–water partition coefficient (Wildman–Crippen LogP) is 3.07. The molecule has 0 amide bonds. The molecule has 1 aromatic carbocycles. The number of para-hydroxylation sites is 1. The van der Waals surface area contributed by atoms with Crippen LogP contribution in [0.5, 0.6) is 0 Å². The fourth-order valence-corrected chi connectivity index (χ4v) is 3.83. The van der Waals surface area contributed by atoms with Crippen LogP contribution in [0.2, 0.25) is 0 Å². The molecule has 0 fully saturated rings. The molecule has 3 aromatic rings. The van der Waals surface area contributed by atoms with Gasteiger partial charge < -0.3 is 13.5 Å². The Kier molecular flexibility index (Phi) is 4.66. The summed E-state index contributed by atoms with van der Waals surface area (Å²) >= 11 is 0. The van der Waals surface area contributed by atoms with Crippen LogP contribution in [0.1, 0.15) is 13.8 Å². The highest BCUT2D eigenvalue weighted by Crippen LogP contribution is 2.46. The van der Waals surface area contributed by atoms with Crippen LogP contribution in [-0.2, 0) is 13.6 Å². The van der Waals surface area contributed by atoms with Gasteiger partial charge in [0.25, 0.3) is 0 Å². The zero-order valence-electron chi connectivity index (χ0n) is 13.3. The Labute approximate surface area is 138 Å². The van der Waals surface area contributed by atoms with Gasteiger partial charge in [-0.3, -0.25) is 9.66 Å². The maximum absolute atomic E-state index is 12.7.